The third-order valence-electron chi connectivity index (χ3n) is 2.89. The minimum absolute atomic E-state index is 0.0745. The number of hydrogen-bond donors (Lipinski definition) is 1. The summed E-state index contributed by atoms with van der Waals surface area (Å²) in [4.78, 5) is 0. The average Bonchev–Trinajstić information content (AvgIpc) is 2.85. The lowest BCUT2D eigenvalue weighted by Gasteiger charge is -2.17. The van der Waals surface area contributed by atoms with E-state index >= 15 is 0 Å². The summed E-state index contributed by atoms with van der Waals surface area (Å²) in [5.74, 6) is 0.681. The Bertz CT molecular complexity index is 479. The summed E-state index contributed by atoms with van der Waals surface area (Å²) >= 11 is 0. The molecule has 0 spiro atoms. The first-order valence-corrected chi connectivity index (χ1v) is 5.77. The molecule has 1 unspecified atom stereocenters. The summed E-state index contributed by atoms with van der Waals surface area (Å²) in [6.45, 7) is 3.83. The van der Waals surface area contributed by atoms with Crippen LogP contribution in [0.25, 0.3) is 0 Å². The Balaban J connectivity index is 2.22. The zero-order valence-corrected chi connectivity index (χ0v) is 10.0. The van der Waals surface area contributed by atoms with Crippen LogP contribution >= 0.6 is 0 Å². The van der Waals surface area contributed by atoms with Crippen LogP contribution in [0.3, 0.4) is 0 Å². The van der Waals surface area contributed by atoms with Crippen LogP contribution in [0.2, 0.25) is 0 Å². The SMILES string of the molecule is CCC(Nc1cccc(F)c1C)c1ccco1. The Labute approximate surface area is 100 Å². The first-order chi connectivity index (χ1) is 8.22. The molecule has 0 saturated heterocycles. The van der Waals surface area contributed by atoms with Gasteiger partial charge in [0.15, 0.2) is 0 Å². The van der Waals surface area contributed by atoms with Gasteiger partial charge in [-0.3, -0.25) is 0 Å². The van der Waals surface area contributed by atoms with Crippen molar-refractivity contribution in [1.29, 1.82) is 0 Å². The van der Waals surface area contributed by atoms with Crippen LogP contribution in [0, 0.1) is 12.7 Å². The summed E-state index contributed by atoms with van der Waals surface area (Å²) in [5.41, 5.74) is 1.45. The molecular weight excluding hydrogens is 217 g/mol. The predicted octanol–water partition coefficient (Wildman–Crippen LogP) is 4.29. The molecule has 2 rings (SSSR count). The Morgan fingerprint density at radius 3 is 2.76 bits per heavy atom. The molecule has 90 valence electrons. The molecule has 1 heterocycles. The van der Waals surface area contributed by atoms with E-state index in [-0.39, 0.29) is 11.9 Å². The van der Waals surface area contributed by atoms with Crippen LogP contribution in [0.1, 0.15) is 30.7 Å². The molecule has 0 radical (unpaired) electrons. The van der Waals surface area contributed by atoms with Crippen LogP contribution in [0.5, 0.6) is 0 Å². The van der Waals surface area contributed by atoms with E-state index in [1.807, 2.05) is 18.2 Å². The molecule has 0 aliphatic heterocycles. The van der Waals surface area contributed by atoms with Gasteiger partial charge in [0.25, 0.3) is 0 Å². The Hall–Kier alpha value is -1.77. The zero-order chi connectivity index (χ0) is 12.3. The zero-order valence-electron chi connectivity index (χ0n) is 10.0. The van der Waals surface area contributed by atoms with Crippen molar-refractivity contribution >= 4 is 5.69 Å². The Kier molecular flexibility index (Phi) is 3.47. The molecule has 1 aromatic carbocycles. The van der Waals surface area contributed by atoms with E-state index < -0.39 is 0 Å². The molecule has 2 nitrogen and oxygen atoms in total. The number of nitrogens with one attached hydrogen (secondary N) is 1. The molecule has 0 saturated carbocycles. The fraction of sp³-hybridized carbons (Fsp3) is 0.286. The smallest absolute Gasteiger partial charge is 0.128 e. The van der Waals surface area contributed by atoms with Gasteiger partial charge in [0.05, 0.1) is 12.3 Å². The van der Waals surface area contributed by atoms with Gasteiger partial charge in [-0.05, 0) is 37.6 Å². The third-order valence-corrected chi connectivity index (χ3v) is 2.89. The monoisotopic (exact) mass is 233 g/mol. The number of benzene rings is 1. The first-order valence-electron chi connectivity index (χ1n) is 5.77. The highest BCUT2D eigenvalue weighted by Gasteiger charge is 2.13. The summed E-state index contributed by atoms with van der Waals surface area (Å²) in [7, 11) is 0. The van der Waals surface area contributed by atoms with Crippen LogP contribution in [-0.4, -0.2) is 0 Å². The topological polar surface area (TPSA) is 25.2 Å². The van der Waals surface area contributed by atoms with E-state index in [9.17, 15) is 4.39 Å². The van der Waals surface area contributed by atoms with Crippen molar-refractivity contribution < 1.29 is 8.81 Å². The lowest BCUT2D eigenvalue weighted by atomic mass is 10.1. The standard InChI is InChI=1S/C14H16FNO/c1-3-12(14-8-5-9-17-14)16-13-7-4-6-11(15)10(13)2/h4-9,12,16H,3H2,1-2H3. The quantitative estimate of drug-likeness (QED) is 0.852. The van der Waals surface area contributed by atoms with Crippen molar-refractivity contribution in [3.8, 4) is 0 Å². The lowest BCUT2D eigenvalue weighted by molar-refractivity contribution is 0.473. The maximum Gasteiger partial charge on any atom is 0.128 e. The van der Waals surface area contributed by atoms with Gasteiger partial charge in [-0.25, -0.2) is 4.39 Å². The fourth-order valence-electron chi connectivity index (χ4n) is 1.82. The van der Waals surface area contributed by atoms with Crippen LogP contribution in [0.4, 0.5) is 10.1 Å². The second kappa shape index (κ2) is 5.04. The second-order valence-electron chi connectivity index (χ2n) is 4.03. The van der Waals surface area contributed by atoms with Gasteiger partial charge in [-0.15, -0.1) is 0 Å². The number of hydrogen-bond acceptors (Lipinski definition) is 2. The van der Waals surface area contributed by atoms with Gasteiger partial charge in [0.1, 0.15) is 11.6 Å². The Morgan fingerprint density at radius 2 is 2.12 bits per heavy atom. The van der Waals surface area contributed by atoms with Crippen molar-refractivity contribution in [3.05, 3.63) is 53.7 Å². The third kappa shape index (κ3) is 2.49. The average molecular weight is 233 g/mol. The van der Waals surface area contributed by atoms with E-state index in [2.05, 4.69) is 12.2 Å². The maximum atomic E-state index is 13.4. The molecule has 0 amide bonds. The Morgan fingerprint density at radius 1 is 1.29 bits per heavy atom. The molecule has 1 N–H and O–H groups in total. The van der Waals surface area contributed by atoms with Gasteiger partial charge in [0, 0.05) is 11.3 Å². The van der Waals surface area contributed by atoms with Crippen molar-refractivity contribution in [2.45, 2.75) is 26.3 Å². The van der Waals surface area contributed by atoms with Gasteiger partial charge in [0.2, 0.25) is 0 Å². The van der Waals surface area contributed by atoms with E-state index in [0.29, 0.717) is 5.56 Å². The number of anilines is 1. The normalized spacial score (nSPS) is 12.4. The number of halogens is 1. The fourth-order valence-corrected chi connectivity index (χ4v) is 1.82. The summed E-state index contributed by atoms with van der Waals surface area (Å²) < 4.78 is 18.8. The highest BCUT2D eigenvalue weighted by atomic mass is 19.1. The first kappa shape index (κ1) is 11.7. The van der Waals surface area contributed by atoms with Gasteiger partial charge in [-0.1, -0.05) is 13.0 Å². The second-order valence-corrected chi connectivity index (χ2v) is 4.03. The highest BCUT2D eigenvalue weighted by molar-refractivity contribution is 5.52. The number of furan rings is 1. The number of rotatable bonds is 4. The van der Waals surface area contributed by atoms with E-state index in [1.54, 1.807) is 19.3 Å². The van der Waals surface area contributed by atoms with E-state index in [0.717, 1.165) is 17.9 Å². The largest absolute Gasteiger partial charge is 0.467 e. The molecule has 0 aliphatic carbocycles. The molecule has 1 atom stereocenters. The predicted molar refractivity (Wildman–Crippen MR) is 66.5 cm³/mol. The van der Waals surface area contributed by atoms with Gasteiger partial charge < -0.3 is 9.73 Å². The van der Waals surface area contributed by atoms with Crippen molar-refractivity contribution in [2.24, 2.45) is 0 Å². The highest BCUT2D eigenvalue weighted by Crippen LogP contribution is 2.26. The van der Waals surface area contributed by atoms with E-state index in [1.165, 1.54) is 6.07 Å². The summed E-state index contributed by atoms with van der Waals surface area (Å²) in [5, 5.41) is 3.31. The van der Waals surface area contributed by atoms with Crippen molar-refractivity contribution in [3.63, 3.8) is 0 Å². The lowest BCUT2D eigenvalue weighted by Crippen LogP contribution is -2.10. The molecule has 0 bridgehead atoms. The van der Waals surface area contributed by atoms with Crippen molar-refractivity contribution in [1.82, 2.24) is 0 Å². The summed E-state index contributed by atoms with van der Waals surface area (Å²) in [6.07, 6.45) is 2.53. The summed E-state index contributed by atoms with van der Waals surface area (Å²) in [6, 6.07) is 8.91. The molecule has 2 aromatic rings. The molecule has 0 aliphatic rings. The van der Waals surface area contributed by atoms with E-state index in [4.69, 9.17) is 4.42 Å². The molecule has 1 aromatic heterocycles. The van der Waals surface area contributed by atoms with Gasteiger partial charge >= 0.3 is 0 Å². The van der Waals surface area contributed by atoms with Crippen molar-refractivity contribution in [2.75, 3.05) is 5.32 Å². The molecule has 0 fully saturated rings. The van der Waals surface area contributed by atoms with Crippen LogP contribution in [0.15, 0.2) is 41.0 Å². The minimum Gasteiger partial charge on any atom is -0.467 e. The molecular formula is C14H16FNO. The molecule has 17 heavy (non-hydrogen) atoms. The van der Waals surface area contributed by atoms with Crippen LogP contribution in [-0.2, 0) is 0 Å². The van der Waals surface area contributed by atoms with Gasteiger partial charge in [-0.2, -0.15) is 0 Å². The minimum atomic E-state index is -0.190. The maximum absolute atomic E-state index is 13.4. The van der Waals surface area contributed by atoms with Crippen LogP contribution < -0.4 is 5.32 Å². The molecule has 3 heteroatoms.